The van der Waals surface area contributed by atoms with Crippen LogP contribution in [0, 0.1) is 0 Å². The number of carboxylic acids is 2. The molecule has 0 aromatic heterocycles. The van der Waals surface area contributed by atoms with Crippen molar-refractivity contribution in [2.45, 2.75) is 27.2 Å². The molecular formula is C20H21AlCl4I3O6-. The Balaban J connectivity index is -0.000000435. The minimum atomic E-state index is -1.72. The number of benzene rings is 2. The van der Waals surface area contributed by atoms with Gasteiger partial charge < -0.3 is 10.2 Å². The van der Waals surface area contributed by atoms with Gasteiger partial charge in [-0.3, -0.25) is 9.59 Å². The molecule has 0 aliphatic rings. The average molecular weight is 907 g/mol. The van der Waals surface area contributed by atoms with E-state index in [1.165, 1.54) is 31.2 Å². The Bertz CT molecular complexity index is 813. The normalized spacial score (nSPS) is 8.79. The summed E-state index contributed by atoms with van der Waals surface area (Å²) in [5, 5.41) is 16.7. The van der Waals surface area contributed by atoms with E-state index in [2.05, 4.69) is 37.2 Å². The monoisotopic (exact) mass is 905 g/mol. The summed E-state index contributed by atoms with van der Waals surface area (Å²) >= 11 is 8.74. The number of aromatic carboxylic acids is 2. The third-order valence-electron chi connectivity index (χ3n) is 3.20. The van der Waals surface area contributed by atoms with Crippen molar-refractivity contribution in [2.75, 3.05) is 0 Å². The molecular weight excluding hydrogens is 886 g/mol. The van der Waals surface area contributed by atoms with Crippen LogP contribution in [0.4, 0.5) is 0 Å². The summed E-state index contributed by atoms with van der Waals surface area (Å²) in [4.78, 5) is 42.1. The van der Waals surface area contributed by atoms with Crippen LogP contribution in [0.25, 0.3) is 0 Å². The number of Topliss-reactive ketones (excluding diaryl/α,β-unsaturated/α-hetero) is 1. The maximum atomic E-state index is 10.7. The molecule has 0 saturated carbocycles. The molecule has 6 nitrogen and oxygen atoms in total. The van der Waals surface area contributed by atoms with E-state index in [-0.39, 0.29) is 30.8 Å². The number of carbonyl (C=O) groups excluding carboxylic acids is 2. The molecule has 0 spiro atoms. The van der Waals surface area contributed by atoms with Gasteiger partial charge in [0.25, 0.3) is 0 Å². The zero-order valence-electron chi connectivity index (χ0n) is 16.8. The number of ketones is 1. The van der Waals surface area contributed by atoms with Gasteiger partial charge in [0.2, 0.25) is 5.24 Å². The van der Waals surface area contributed by atoms with Crippen LogP contribution >= 0.6 is 79.0 Å². The molecule has 0 amide bonds. The van der Waals surface area contributed by atoms with Crippen molar-refractivity contribution >= 4 is 113 Å². The first-order valence-electron chi connectivity index (χ1n) is 8.45. The van der Waals surface area contributed by atoms with E-state index in [0.29, 0.717) is 25.2 Å². The van der Waals surface area contributed by atoms with Crippen LogP contribution < -0.4 is 13.3 Å². The second-order valence-corrected chi connectivity index (χ2v) is 28.8. The summed E-state index contributed by atoms with van der Waals surface area (Å²) in [6.07, 6.45) is 0.487. The molecule has 2 rings (SSSR count). The summed E-state index contributed by atoms with van der Waals surface area (Å²) in [6.45, 7) is 1.51. The topological polar surface area (TPSA) is 109 Å². The minimum absolute atomic E-state index is 0. The van der Waals surface area contributed by atoms with Gasteiger partial charge in [0.1, 0.15) is 5.78 Å². The van der Waals surface area contributed by atoms with E-state index in [1.807, 2.05) is 0 Å². The standard InChI is InChI=1S/C10H10O3.C9H7ClO3.CH4.Al.3ClH.I3/c1-7(11)6-8-2-4-9(5-3-8)10(12)13;10-8(11)5-6-1-3-7(4-2-6)9(12)13;;;;;;1-3-2/h2-5H,6H2,1H3,(H,12,13);1-4H,5H2,(H,12,13);1H4;;3*1H;/q;;;+3;;;;-1/p-3. The Morgan fingerprint density at radius 2 is 1.06 bits per heavy atom. The van der Waals surface area contributed by atoms with Crippen molar-refractivity contribution in [1.82, 2.24) is 0 Å². The zero-order chi connectivity index (χ0) is 26.0. The predicted molar refractivity (Wildman–Crippen MR) is 154 cm³/mol. The van der Waals surface area contributed by atoms with E-state index in [1.54, 1.807) is 24.3 Å². The smallest absolute Gasteiger partial charge is 0.478 e. The molecule has 190 valence electrons. The van der Waals surface area contributed by atoms with E-state index in [0.717, 1.165) is 5.56 Å². The van der Waals surface area contributed by atoms with Crippen LogP contribution in [0.2, 0.25) is 0 Å². The molecule has 0 radical (unpaired) electrons. The number of hydrogen-bond acceptors (Lipinski definition) is 4. The number of carboxylic acid groups (broad SMARTS) is 2. The van der Waals surface area contributed by atoms with Crippen LogP contribution in [-0.2, 0) is 22.4 Å². The van der Waals surface area contributed by atoms with E-state index in [9.17, 15) is 19.2 Å². The van der Waals surface area contributed by atoms with Crippen molar-refractivity contribution < 1.29 is 42.6 Å². The summed E-state index contributed by atoms with van der Waals surface area (Å²) in [7, 11) is 14.8. The maximum Gasteiger partial charge on any atom is 0.643 e. The first kappa shape index (κ1) is 39.1. The number of carbonyl (C=O) groups is 4. The van der Waals surface area contributed by atoms with Crippen molar-refractivity contribution in [2.24, 2.45) is 0 Å². The van der Waals surface area contributed by atoms with E-state index in [4.69, 9.17) is 52.0 Å². The molecule has 0 fully saturated rings. The molecule has 0 aliphatic carbocycles. The molecule has 2 aromatic rings. The second kappa shape index (κ2) is 24.0. The van der Waals surface area contributed by atoms with Gasteiger partial charge in [-0.1, -0.05) is 31.7 Å². The summed E-state index contributed by atoms with van der Waals surface area (Å²) < 4.78 is 0. The minimum Gasteiger partial charge on any atom is -0.478 e. The Morgan fingerprint density at radius 3 is 1.26 bits per heavy atom. The quantitative estimate of drug-likeness (QED) is 0.255. The van der Waals surface area contributed by atoms with Crippen LogP contribution in [-0.4, -0.2) is 44.6 Å². The van der Waals surface area contributed by atoms with E-state index < -0.39 is 28.6 Å². The molecule has 0 atom stereocenters. The number of hydrogen-bond donors (Lipinski definition) is 2. The first-order valence-corrected chi connectivity index (χ1v) is 26.6. The SMILES string of the molecule is C.CC(=O)Cc1ccc(C(=O)O)cc1.I[I-]I.O=C(Cl)Cc1ccc(C(=O)O)cc1.[Cl][Al]([Cl])[Cl]. The summed E-state index contributed by atoms with van der Waals surface area (Å²) in [6, 6.07) is 12.3. The molecule has 0 bridgehead atoms. The molecule has 0 saturated heterocycles. The van der Waals surface area contributed by atoms with Gasteiger partial charge in [-0.15, -0.1) is 0 Å². The molecule has 2 N–H and O–H groups in total. The molecule has 0 heterocycles. The Morgan fingerprint density at radius 1 is 0.794 bits per heavy atom. The van der Waals surface area contributed by atoms with Gasteiger partial charge in [0.15, 0.2) is 0 Å². The number of rotatable bonds is 6. The third kappa shape index (κ3) is 24.3. The molecule has 2 aromatic carbocycles. The van der Waals surface area contributed by atoms with Gasteiger partial charge in [0, 0.05) is 12.8 Å². The van der Waals surface area contributed by atoms with Crippen molar-refractivity contribution in [3.8, 4) is 0 Å². The average Bonchev–Trinajstić information content (AvgIpc) is 2.68. The Labute approximate surface area is 250 Å². The van der Waals surface area contributed by atoms with Gasteiger partial charge in [-0.25, -0.2) is 39.7 Å². The van der Waals surface area contributed by atoms with Crippen LogP contribution in [0.1, 0.15) is 46.2 Å². The summed E-state index contributed by atoms with van der Waals surface area (Å²) in [5.41, 5.74) is 2.00. The fourth-order valence-electron chi connectivity index (χ4n) is 1.98. The maximum absolute atomic E-state index is 10.7. The first-order chi connectivity index (χ1) is 15.3. The van der Waals surface area contributed by atoms with Crippen molar-refractivity contribution in [3.05, 3.63) is 70.8 Å². The fourth-order valence-corrected chi connectivity index (χ4v) is 2.13. The van der Waals surface area contributed by atoms with Crippen molar-refractivity contribution in [1.29, 1.82) is 0 Å². The Hall–Kier alpha value is 0.602. The second-order valence-electron chi connectivity index (χ2n) is 5.72. The van der Waals surface area contributed by atoms with Crippen LogP contribution in [0.5, 0.6) is 0 Å². The third-order valence-corrected chi connectivity index (χ3v) is 3.33. The van der Waals surface area contributed by atoms with E-state index >= 15 is 0 Å². The van der Waals surface area contributed by atoms with Crippen molar-refractivity contribution in [3.63, 3.8) is 0 Å². The largest absolute Gasteiger partial charge is 0.643 e. The Kier molecular flexibility index (Phi) is 27.6. The molecule has 34 heavy (non-hydrogen) atoms. The predicted octanol–water partition coefficient (Wildman–Crippen LogP) is 4.31. The fraction of sp³-hybridized carbons (Fsp3) is 0.200. The molecule has 0 unspecified atom stereocenters. The summed E-state index contributed by atoms with van der Waals surface area (Å²) in [5.74, 6) is -1.86. The van der Waals surface area contributed by atoms with Crippen LogP contribution in [0.3, 0.4) is 0 Å². The van der Waals surface area contributed by atoms with Gasteiger partial charge in [-0.2, -0.15) is 0 Å². The van der Waals surface area contributed by atoms with Gasteiger partial charge in [0.05, 0.1) is 11.1 Å². The molecule has 14 heteroatoms. The number of halogens is 7. The zero-order valence-corrected chi connectivity index (χ0v) is 27.4. The van der Waals surface area contributed by atoms with Gasteiger partial charge in [-0.05, 0) is 53.9 Å². The molecule has 0 aliphatic heterocycles. The van der Waals surface area contributed by atoms with Gasteiger partial charge >= 0.3 is 73.8 Å². The van der Waals surface area contributed by atoms with Crippen LogP contribution in [0.15, 0.2) is 48.5 Å².